The van der Waals surface area contributed by atoms with Gasteiger partial charge in [0.15, 0.2) is 0 Å². The predicted molar refractivity (Wildman–Crippen MR) is 130 cm³/mol. The van der Waals surface area contributed by atoms with E-state index in [1.54, 1.807) is 6.07 Å². The minimum atomic E-state index is -0.627. The smallest absolute Gasteiger partial charge is 0.296 e. The summed E-state index contributed by atoms with van der Waals surface area (Å²) in [5.41, 5.74) is 4.90. The second-order valence-corrected chi connectivity index (χ2v) is 8.52. The first-order valence-electron chi connectivity index (χ1n) is 10.7. The van der Waals surface area contributed by atoms with Crippen molar-refractivity contribution >= 4 is 39.7 Å². The lowest BCUT2D eigenvalue weighted by atomic mass is 10.0. The van der Waals surface area contributed by atoms with Crippen LogP contribution in [0.3, 0.4) is 0 Å². The molecule has 0 spiro atoms. The maximum Gasteiger partial charge on any atom is 0.296 e. The van der Waals surface area contributed by atoms with Crippen molar-refractivity contribution in [2.75, 3.05) is 44.4 Å². The van der Waals surface area contributed by atoms with Crippen LogP contribution in [0.1, 0.15) is 16.7 Å². The fraction of sp³-hybridized carbons (Fsp3) is 0.269. The van der Waals surface area contributed by atoms with Crippen molar-refractivity contribution in [1.29, 1.82) is 0 Å². The van der Waals surface area contributed by atoms with Gasteiger partial charge >= 0.3 is 0 Å². The molecule has 0 aliphatic heterocycles. The van der Waals surface area contributed by atoms with Gasteiger partial charge in [-0.3, -0.25) is 9.59 Å². The third-order valence-electron chi connectivity index (χ3n) is 5.82. The van der Waals surface area contributed by atoms with E-state index in [9.17, 15) is 9.59 Å². The number of Topliss-reactive ketones (excluding diaryl/α,β-unsaturated/α-hetero) is 1. The van der Waals surface area contributed by atoms with E-state index >= 15 is 0 Å². The summed E-state index contributed by atoms with van der Waals surface area (Å²) in [6, 6.07) is 15.3. The molecule has 0 saturated carbocycles. The standard InChI is InChI=1S/C26H28N4O2/c1-17-15-24(30(4)14-13-29(2)3)28-23-12-10-19(16-22(17)23)27-26(32)25(31)21-11-9-18-7-5-6-8-20(18)21/h5-8,10-12,15-16H,9,13-14H2,1-4H3,(H,27,32). The van der Waals surface area contributed by atoms with Gasteiger partial charge in [0.2, 0.25) is 0 Å². The van der Waals surface area contributed by atoms with E-state index in [0.29, 0.717) is 17.7 Å². The van der Waals surface area contributed by atoms with E-state index in [0.717, 1.165) is 46.5 Å². The Morgan fingerprint density at radius 2 is 1.81 bits per heavy atom. The van der Waals surface area contributed by atoms with Crippen LogP contribution in [0.5, 0.6) is 0 Å². The van der Waals surface area contributed by atoms with Crippen LogP contribution in [0.4, 0.5) is 11.5 Å². The van der Waals surface area contributed by atoms with Crippen LogP contribution in [0, 0.1) is 6.92 Å². The highest BCUT2D eigenvalue weighted by atomic mass is 16.2. The molecule has 32 heavy (non-hydrogen) atoms. The highest BCUT2D eigenvalue weighted by molar-refractivity contribution is 6.56. The van der Waals surface area contributed by atoms with Gasteiger partial charge in [-0.1, -0.05) is 30.3 Å². The number of anilines is 2. The van der Waals surface area contributed by atoms with E-state index in [1.165, 1.54) is 0 Å². The molecule has 1 aliphatic carbocycles. The van der Waals surface area contributed by atoms with Crippen molar-refractivity contribution < 1.29 is 9.59 Å². The van der Waals surface area contributed by atoms with Crippen molar-refractivity contribution in [1.82, 2.24) is 9.88 Å². The second-order valence-electron chi connectivity index (χ2n) is 8.52. The zero-order valence-electron chi connectivity index (χ0n) is 19.0. The molecule has 2 aromatic carbocycles. The van der Waals surface area contributed by atoms with Gasteiger partial charge in [0.05, 0.1) is 5.52 Å². The normalized spacial score (nSPS) is 12.6. The fourth-order valence-corrected chi connectivity index (χ4v) is 3.92. The zero-order valence-corrected chi connectivity index (χ0v) is 19.0. The van der Waals surface area contributed by atoms with Crippen LogP contribution in [-0.4, -0.2) is 55.8 Å². The molecule has 1 heterocycles. The molecule has 164 valence electrons. The van der Waals surface area contributed by atoms with E-state index in [-0.39, 0.29) is 0 Å². The van der Waals surface area contributed by atoms with Crippen molar-refractivity contribution in [3.8, 4) is 0 Å². The summed E-state index contributed by atoms with van der Waals surface area (Å²) in [5.74, 6) is -0.226. The topological polar surface area (TPSA) is 65.5 Å². The molecule has 0 atom stereocenters. The molecule has 1 aromatic heterocycles. The molecule has 6 nitrogen and oxygen atoms in total. The van der Waals surface area contributed by atoms with Gasteiger partial charge in [0.25, 0.3) is 11.7 Å². The summed E-state index contributed by atoms with van der Waals surface area (Å²) in [4.78, 5) is 34.5. The largest absolute Gasteiger partial charge is 0.358 e. The van der Waals surface area contributed by atoms with Crippen LogP contribution < -0.4 is 10.2 Å². The number of hydrogen-bond donors (Lipinski definition) is 1. The van der Waals surface area contributed by atoms with Gasteiger partial charge in [-0.25, -0.2) is 4.98 Å². The summed E-state index contributed by atoms with van der Waals surface area (Å²) in [6.45, 7) is 3.85. The van der Waals surface area contributed by atoms with E-state index in [2.05, 4.69) is 35.3 Å². The number of benzene rings is 2. The lowest BCUT2D eigenvalue weighted by Crippen LogP contribution is -2.29. The average molecular weight is 429 g/mol. The quantitative estimate of drug-likeness (QED) is 0.582. The number of carbonyl (C=O) groups excluding carboxylic acids is 2. The fourth-order valence-electron chi connectivity index (χ4n) is 3.92. The number of allylic oxidation sites excluding steroid dienone is 1. The minimum Gasteiger partial charge on any atom is -0.358 e. The van der Waals surface area contributed by atoms with Crippen LogP contribution in [0.15, 0.2) is 54.6 Å². The lowest BCUT2D eigenvalue weighted by Gasteiger charge is -2.21. The number of nitrogens with one attached hydrogen (secondary N) is 1. The van der Waals surface area contributed by atoms with Crippen molar-refractivity contribution in [2.45, 2.75) is 13.3 Å². The lowest BCUT2D eigenvalue weighted by molar-refractivity contribution is -0.131. The number of hydrogen-bond acceptors (Lipinski definition) is 5. The molecule has 0 radical (unpaired) electrons. The number of fused-ring (bicyclic) bond motifs is 2. The van der Waals surface area contributed by atoms with Gasteiger partial charge in [0, 0.05) is 36.8 Å². The summed E-state index contributed by atoms with van der Waals surface area (Å²) in [7, 11) is 6.14. The molecule has 3 aromatic rings. The Morgan fingerprint density at radius 1 is 1.03 bits per heavy atom. The molecule has 6 heteroatoms. The molecule has 1 aliphatic rings. The third-order valence-corrected chi connectivity index (χ3v) is 5.82. The van der Waals surface area contributed by atoms with E-state index in [4.69, 9.17) is 4.98 Å². The van der Waals surface area contributed by atoms with Crippen LogP contribution in [-0.2, 0) is 16.0 Å². The number of pyridine rings is 1. The van der Waals surface area contributed by atoms with E-state index < -0.39 is 11.7 Å². The second kappa shape index (κ2) is 8.93. The average Bonchev–Trinajstić information content (AvgIpc) is 3.21. The Bertz CT molecular complexity index is 1230. The Morgan fingerprint density at radius 3 is 2.59 bits per heavy atom. The number of nitrogens with zero attached hydrogens (tertiary/aromatic N) is 3. The number of aromatic nitrogens is 1. The summed E-state index contributed by atoms with van der Waals surface area (Å²) in [6.07, 6.45) is 2.51. The highest BCUT2D eigenvalue weighted by Gasteiger charge is 2.25. The Balaban J connectivity index is 1.52. The van der Waals surface area contributed by atoms with Crippen LogP contribution >= 0.6 is 0 Å². The Labute approximate surface area is 188 Å². The van der Waals surface area contributed by atoms with Gasteiger partial charge in [-0.2, -0.15) is 0 Å². The molecule has 0 bridgehead atoms. The Hall–Kier alpha value is -3.51. The number of ketones is 1. The molecule has 1 amide bonds. The minimum absolute atomic E-state index is 0.474. The number of amides is 1. The summed E-state index contributed by atoms with van der Waals surface area (Å²) < 4.78 is 0. The molecular formula is C26H28N4O2. The first-order chi connectivity index (χ1) is 15.3. The predicted octanol–water partition coefficient (Wildman–Crippen LogP) is 3.69. The summed E-state index contributed by atoms with van der Waals surface area (Å²) >= 11 is 0. The number of aryl methyl sites for hydroxylation is 1. The number of likely N-dealkylation sites (N-methyl/N-ethyl adjacent to an activating group) is 2. The highest BCUT2D eigenvalue weighted by Crippen LogP contribution is 2.29. The molecule has 0 unspecified atom stereocenters. The molecule has 0 fully saturated rings. The van der Waals surface area contributed by atoms with E-state index in [1.807, 2.05) is 56.4 Å². The maximum absolute atomic E-state index is 12.8. The van der Waals surface area contributed by atoms with Crippen molar-refractivity contribution in [2.24, 2.45) is 0 Å². The number of carbonyl (C=O) groups is 2. The van der Waals surface area contributed by atoms with Gasteiger partial charge < -0.3 is 15.1 Å². The van der Waals surface area contributed by atoms with Crippen molar-refractivity contribution in [3.63, 3.8) is 0 Å². The SMILES string of the molecule is Cc1cc(N(C)CCN(C)C)nc2ccc(NC(=O)C(=O)C3=CCc4ccccc43)cc12. The first-order valence-corrected chi connectivity index (χ1v) is 10.7. The maximum atomic E-state index is 12.8. The van der Waals surface area contributed by atoms with Gasteiger partial charge in [0.1, 0.15) is 5.82 Å². The molecule has 1 N–H and O–H groups in total. The van der Waals surface area contributed by atoms with Gasteiger partial charge in [-0.15, -0.1) is 0 Å². The monoisotopic (exact) mass is 428 g/mol. The molecule has 4 rings (SSSR count). The van der Waals surface area contributed by atoms with Crippen LogP contribution in [0.2, 0.25) is 0 Å². The molecule has 0 saturated heterocycles. The first kappa shape index (κ1) is 21.7. The van der Waals surface area contributed by atoms with Gasteiger partial charge in [-0.05, 0) is 68.4 Å². The Kier molecular flexibility index (Phi) is 6.06. The molecular weight excluding hydrogens is 400 g/mol. The van der Waals surface area contributed by atoms with Crippen LogP contribution in [0.25, 0.3) is 16.5 Å². The zero-order chi connectivity index (χ0) is 22.8. The number of rotatable bonds is 7. The summed E-state index contributed by atoms with van der Waals surface area (Å²) in [5, 5.41) is 3.72. The van der Waals surface area contributed by atoms with Crippen molar-refractivity contribution in [3.05, 3.63) is 71.3 Å². The third kappa shape index (κ3) is 4.41.